The first-order valence-corrected chi connectivity index (χ1v) is 10.3. The van der Waals surface area contributed by atoms with Gasteiger partial charge in [0, 0.05) is 5.70 Å². The standard InChI is InChI=1S/C20H30N2O5/c1-12-17(19(23)27-14-6-4-2-3-5-7-14)18(22-20(24)21-12)13-8-9-15-16(10-13)26-11-25-15/h13-16,18H,2-11H2,1H3,(H2,21,22,24). The SMILES string of the molecule is CC1=C(C(=O)OC2CCCCCC2)C(C2CCC3OCOC3C2)NC(=O)N1. The van der Waals surface area contributed by atoms with E-state index in [4.69, 9.17) is 14.2 Å². The molecule has 27 heavy (non-hydrogen) atoms. The van der Waals surface area contributed by atoms with Crippen LogP contribution in [-0.4, -0.2) is 43.1 Å². The molecular formula is C20H30N2O5. The molecule has 4 unspecified atom stereocenters. The van der Waals surface area contributed by atoms with Crippen LogP contribution in [0.15, 0.2) is 11.3 Å². The fourth-order valence-corrected chi connectivity index (χ4v) is 4.94. The number of fused-ring (bicyclic) bond motifs is 1. The van der Waals surface area contributed by atoms with Gasteiger partial charge in [-0.25, -0.2) is 9.59 Å². The minimum absolute atomic E-state index is 0.0131. The number of allylic oxidation sites excluding steroid dienone is 1. The van der Waals surface area contributed by atoms with Crippen molar-refractivity contribution >= 4 is 12.0 Å². The molecule has 2 aliphatic heterocycles. The van der Waals surface area contributed by atoms with Crippen molar-refractivity contribution in [1.29, 1.82) is 0 Å². The molecule has 7 heteroatoms. The summed E-state index contributed by atoms with van der Waals surface area (Å²) in [6, 6.07) is -0.587. The quantitative estimate of drug-likeness (QED) is 0.583. The third kappa shape index (κ3) is 4.14. The molecule has 2 aliphatic carbocycles. The van der Waals surface area contributed by atoms with Crippen LogP contribution in [0.1, 0.15) is 64.7 Å². The van der Waals surface area contributed by atoms with Crippen LogP contribution >= 0.6 is 0 Å². The fraction of sp³-hybridized carbons (Fsp3) is 0.800. The molecule has 2 N–H and O–H groups in total. The van der Waals surface area contributed by atoms with E-state index in [0.717, 1.165) is 44.9 Å². The Balaban J connectivity index is 1.49. The maximum Gasteiger partial charge on any atom is 0.338 e. The van der Waals surface area contributed by atoms with E-state index in [1.54, 1.807) is 6.92 Å². The van der Waals surface area contributed by atoms with Gasteiger partial charge < -0.3 is 24.8 Å². The highest BCUT2D eigenvalue weighted by molar-refractivity contribution is 5.94. The third-order valence-electron chi connectivity index (χ3n) is 6.41. The molecule has 150 valence electrons. The lowest BCUT2D eigenvalue weighted by Crippen LogP contribution is -2.54. The largest absolute Gasteiger partial charge is 0.459 e. The number of urea groups is 1. The van der Waals surface area contributed by atoms with E-state index in [1.807, 2.05) is 0 Å². The van der Waals surface area contributed by atoms with Crippen LogP contribution in [0.5, 0.6) is 0 Å². The number of hydrogen-bond acceptors (Lipinski definition) is 5. The van der Waals surface area contributed by atoms with Gasteiger partial charge in [-0.1, -0.05) is 12.8 Å². The lowest BCUT2D eigenvalue weighted by molar-refractivity contribution is -0.145. The third-order valence-corrected chi connectivity index (χ3v) is 6.41. The average Bonchev–Trinajstić information content (AvgIpc) is 2.96. The van der Waals surface area contributed by atoms with Gasteiger partial charge in [-0.15, -0.1) is 0 Å². The van der Waals surface area contributed by atoms with Crippen molar-refractivity contribution in [3.8, 4) is 0 Å². The summed E-state index contributed by atoms with van der Waals surface area (Å²) in [5.74, 6) is -0.145. The predicted octanol–water partition coefficient (Wildman–Crippen LogP) is 2.75. The number of carbonyl (C=O) groups excluding carboxylic acids is 2. The first kappa shape index (κ1) is 18.7. The Labute approximate surface area is 160 Å². The number of esters is 1. The lowest BCUT2D eigenvalue weighted by Gasteiger charge is -2.38. The molecule has 4 atom stereocenters. The minimum atomic E-state index is -0.331. The minimum Gasteiger partial charge on any atom is -0.459 e. The number of carbonyl (C=O) groups is 2. The van der Waals surface area contributed by atoms with Gasteiger partial charge >= 0.3 is 12.0 Å². The predicted molar refractivity (Wildman–Crippen MR) is 97.7 cm³/mol. The van der Waals surface area contributed by atoms with E-state index in [2.05, 4.69) is 10.6 Å². The maximum atomic E-state index is 13.0. The molecule has 4 rings (SSSR count). The summed E-state index contributed by atoms with van der Waals surface area (Å²) < 4.78 is 17.2. The number of rotatable bonds is 3. The van der Waals surface area contributed by atoms with E-state index < -0.39 is 0 Å². The second kappa shape index (κ2) is 8.19. The average molecular weight is 378 g/mol. The number of amides is 2. The molecular weight excluding hydrogens is 348 g/mol. The second-order valence-corrected chi connectivity index (χ2v) is 8.23. The van der Waals surface area contributed by atoms with Crippen LogP contribution < -0.4 is 10.6 Å². The van der Waals surface area contributed by atoms with Crippen LogP contribution in [0.2, 0.25) is 0 Å². The van der Waals surface area contributed by atoms with E-state index in [-0.39, 0.29) is 42.3 Å². The molecule has 0 aromatic carbocycles. The molecule has 0 radical (unpaired) electrons. The summed E-state index contributed by atoms with van der Waals surface area (Å²) in [5.41, 5.74) is 1.18. The molecule has 3 fully saturated rings. The highest BCUT2D eigenvalue weighted by Crippen LogP contribution is 2.37. The summed E-state index contributed by atoms with van der Waals surface area (Å²) in [5, 5.41) is 5.72. The summed E-state index contributed by atoms with van der Waals surface area (Å²) in [6.07, 6.45) is 9.24. The second-order valence-electron chi connectivity index (χ2n) is 8.23. The van der Waals surface area contributed by atoms with E-state index in [1.165, 1.54) is 12.8 Å². The number of hydrogen-bond donors (Lipinski definition) is 2. The molecule has 4 aliphatic rings. The zero-order valence-corrected chi connectivity index (χ0v) is 16.0. The lowest BCUT2D eigenvalue weighted by atomic mass is 9.77. The summed E-state index contributed by atoms with van der Waals surface area (Å²) >= 11 is 0. The Morgan fingerprint density at radius 3 is 2.56 bits per heavy atom. The molecule has 0 aromatic heterocycles. The molecule has 7 nitrogen and oxygen atoms in total. The molecule has 2 heterocycles. The van der Waals surface area contributed by atoms with Crippen molar-refractivity contribution in [2.24, 2.45) is 5.92 Å². The van der Waals surface area contributed by atoms with Gasteiger partial charge in [0.2, 0.25) is 0 Å². The summed E-state index contributed by atoms with van der Waals surface area (Å²) in [7, 11) is 0. The van der Waals surface area contributed by atoms with Gasteiger partial charge in [-0.3, -0.25) is 0 Å². The Hall–Kier alpha value is -1.60. The normalized spacial score (nSPS) is 35.1. The highest BCUT2D eigenvalue weighted by Gasteiger charge is 2.43. The highest BCUT2D eigenvalue weighted by atomic mass is 16.7. The molecule has 0 bridgehead atoms. The Morgan fingerprint density at radius 2 is 1.78 bits per heavy atom. The fourth-order valence-electron chi connectivity index (χ4n) is 4.94. The smallest absolute Gasteiger partial charge is 0.338 e. The summed E-state index contributed by atoms with van der Waals surface area (Å²) in [6.45, 7) is 2.13. The Bertz CT molecular complexity index is 611. The van der Waals surface area contributed by atoms with Crippen molar-refractivity contribution in [3.63, 3.8) is 0 Å². The van der Waals surface area contributed by atoms with Gasteiger partial charge in [0.15, 0.2) is 0 Å². The van der Waals surface area contributed by atoms with Crippen LogP contribution in [0.4, 0.5) is 4.79 Å². The van der Waals surface area contributed by atoms with Crippen molar-refractivity contribution in [1.82, 2.24) is 10.6 Å². The van der Waals surface area contributed by atoms with Gasteiger partial charge in [0.05, 0.1) is 23.8 Å². The van der Waals surface area contributed by atoms with Crippen molar-refractivity contribution in [2.45, 2.75) is 89.1 Å². The van der Waals surface area contributed by atoms with E-state index >= 15 is 0 Å². The van der Waals surface area contributed by atoms with Crippen LogP contribution in [0, 0.1) is 5.92 Å². The Kier molecular flexibility index (Phi) is 5.68. The monoisotopic (exact) mass is 378 g/mol. The van der Waals surface area contributed by atoms with Crippen molar-refractivity contribution in [3.05, 3.63) is 11.3 Å². The number of ether oxygens (including phenoxy) is 3. The first-order valence-electron chi connectivity index (χ1n) is 10.3. The van der Waals surface area contributed by atoms with Gasteiger partial charge in [0.25, 0.3) is 0 Å². The van der Waals surface area contributed by atoms with Crippen LogP contribution in [0.3, 0.4) is 0 Å². The van der Waals surface area contributed by atoms with Crippen LogP contribution in [0.25, 0.3) is 0 Å². The summed E-state index contributed by atoms with van der Waals surface area (Å²) in [4.78, 5) is 25.1. The molecule has 2 amide bonds. The van der Waals surface area contributed by atoms with E-state index in [0.29, 0.717) is 18.1 Å². The molecule has 1 saturated heterocycles. The first-order chi connectivity index (χ1) is 13.1. The van der Waals surface area contributed by atoms with Gasteiger partial charge in [-0.05, 0) is 57.8 Å². The van der Waals surface area contributed by atoms with Gasteiger partial charge in [-0.2, -0.15) is 0 Å². The maximum absolute atomic E-state index is 13.0. The molecule has 2 saturated carbocycles. The van der Waals surface area contributed by atoms with Crippen molar-refractivity contribution in [2.75, 3.05) is 6.79 Å². The topological polar surface area (TPSA) is 85.9 Å². The van der Waals surface area contributed by atoms with Gasteiger partial charge in [0.1, 0.15) is 12.9 Å². The molecule has 0 aromatic rings. The molecule has 0 spiro atoms. The van der Waals surface area contributed by atoms with Crippen molar-refractivity contribution < 1.29 is 23.8 Å². The van der Waals surface area contributed by atoms with E-state index in [9.17, 15) is 9.59 Å². The zero-order valence-electron chi connectivity index (χ0n) is 16.0. The van der Waals surface area contributed by atoms with Crippen LogP contribution in [-0.2, 0) is 19.0 Å². The zero-order chi connectivity index (χ0) is 18.8. The Morgan fingerprint density at radius 1 is 1.04 bits per heavy atom. The number of nitrogens with one attached hydrogen (secondary N) is 2.